The van der Waals surface area contributed by atoms with Gasteiger partial charge in [0.2, 0.25) is 5.88 Å². The molecule has 0 fully saturated rings. The van der Waals surface area contributed by atoms with Crippen LogP contribution in [0.5, 0.6) is 0 Å². The molecule has 0 saturated carbocycles. The van der Waals surface area contributed by atoms with Gasteiger partial charge in [-0.15, -0.1) is 0 Å². The Balaban J connectivity index is 2.50. The van der Waals surface area contributed by atoms with Gasteiger partial charge in [0.25, 0.3) is 0 Å². The summed E-state index contributed by atoms with van der Waals surface area (Å²) in [4.78, 5) is 0. The first-order valence-electron chi connectivity index (χ1n) is 2.97. The van der Waals surface area contributed by atoms with Crippen LogP contribution in [0.2, 0.25) is 0 Å². The Bertz CT molecular complexity index is 174. The first kappa shape index (κ1) is 7.04. The van der Waals surface area contributed by atoms with Gasteiger partial charge < -0.3 is 10.3 Å². The van der Waals surface area contributed by atoms with Crippen molar-refractivity contribution >= 4 is 5.88 Å². The van der Waals surface area contributed by atoms with Gasteiger partial charge in [0.05, 0.1) is 6.20 Å². The molecule has 0 aliphatic carbocycles. The van der Waals surface area contributed by atoms with Crippen molar-refractivity contribution in [3.8, 4) is 0 Å². The zero-order valence-corrected chi connectivity index (χ0v) is 5.53. The first-order chi connectivity index (χ1) is 4.84. The Morgan fingerprint density at radius 3 is 3.00 bits per heavy atom. The van der Waals surface area contributed by atoms with Crippen LogP contribution in [0, 0.1) is 0 Å². The van der Waals surface area contributed by atoms with Gasteiger partial charge in [-0.2, -0.15) is 0 Å². The fraction of sp³-hybridized carbons (Fsp3) is 0.400. The zero-order valence-electron chi connectivity index (χ0n) is 5.53. The highest BCUT2D eigenvalue weighted by Crippen LogP contribution is 2.06. The molecule has 0 unspecified atom stereocenters. The summed E-state index contributed by atoms with van der Waals surface area (Å²) < 4.78 is 4.74. The molecule has 1 aromatic rings. The first-order valence-corrected chi connectivity index (χ1v) is 2.97. The van der Waals surface area contributed by atoms with E-state index < -0.39 is 0 Å². The highest BCUT2D eigenvalue weighted by atomic mass is 16.5. The van der Waals surface area contributed by atoms with E-state index in [1.165, 1.54) is 11.2 Å². The second kappa shape index (κ2) is 3.19. The molecule has 1 aromatic heterocycles. The SMILES string of the molecule is NCCN(N)c1ccno1. The molecule has 56 valence electrons. The lowest BCUT2D eigenvalue weighted by molar-refractivity contribution is 0.416. The molecule has 0 bridgehead atoms. The Morgan fingerprint density at radius 2 is 2.50 bits per heavy atom. The van der Waals surface area contributed by atoms with Crippen LogP contribution in [-0.4, -0.2) is 18.2 Å². The van der Waals surface area contributed by atoms with Crippen molar-refractivity contribution < 1.29 is 4.52 Å². The monoisotopic (exact) mass is 142 g/mol. The molecule has 0 aliphatic rings. The number of rotatable bonds is 3. The summed E-state index contributed by atoms with van der Waals surface area (Å²) in [5.41, 5.74) is 5.25. The smallest absolute Gasteiger partial charge is 0.241 e. The fourth-order valence-corrected chi connectivity index (χ4v) is 0.607. The molecule has 10 heavy (non-hydrogen) atoms. The van der Waals surface area contributed by atoms with Crippen LogP contribution in [0.15, 0.2) is 16.8 Å². The Hall–Kier alpha value is -1.07. The maximum Gasteiger partial charge on any atom is 0.241 e. The average Bonchev–Trinajstić information content (AvgIpc) is 2.38. The van der Waals surface area contributed by atoms with Gasteiger partial charge in [0.1, 0.15) is 0 Å². The summed E-state index contributed by atoms with van der Waals surface area (Å²) in [6, 6.07) is 1.68. The van der Waals surface area contributed by atoms with Gasteiger partial charge in [-0.05, 0) is 0 Å². The van der Waals surface area contributed by atoms with Crippen molar-refractivity contribution in [1.82, 2.24) is 5.16 Å². The second-order valence-electron chi connectivity index (χ2n) is 1.83. The number of hydrogen-bond acceptors (Lipinski definition) is 5. The standard InChI is InChI=1S/C5H10N4O/c6-2-4-9(7)5-1-3-8-10-5/h1,3H,2,4,6-7H2. The van der Waals surface area contributed by atoms with Gasteiger partial charge in [-0.25, -0.2) is 5.84 Å². The van der Waals surface area contributed by atoms with E-state index in [0.717, 1.165) is 0 Å². The molecule has 5 nitrogen and oxygen atoms in total. The van der Waals surface area contributed by atoms with Gasteiger partial charge in [0, 0.05) is 19.2 Å². The summed E-state index contributed by atoms with van der Waals surface area (Å²) in [6.45, 7) is 1.06. The molecular formula is C5H10N4O. The lowest BCUT2D eigenvalue weighted by Gasteiger charge is -2.11. The van der Waals surface area contributed by atoms with Crippen molar-refractivity contribution in [3.63, 3.8) is 0 Å². The van der Waals surface area contributed by atoms with Crippen LogP contribution >= 0.6 is 0 Å². The van der Waals surface area contributed by atoms with E-state index in [9.17, 15) is 0 Å². The minimum absolute atomic E-state index is 0.497. The van der Waals surface area contributed by atoms with Gasteiger partial charge in [0.15, 0.2) is 0 Å². The molecule has 0 aromatic carbocycles. The maximum atomic E-state index is 5.47. The van der Waals surface area contributed by atoms with E-state index in [0.29, 0.717) is 19.0 Å². The molecule has 0 aliphatic heterocycles. The van der Waals surface area contributed by atoms with Crippen molar-refractivity contribution in [1.29, 1.82) is 0 Å². The summed E-state index contributed by atoms with van der Waals surface area (Å²) in [5, 5.41) is 4.90. The summed E-state index contributed by atoms with van der Waals surface area (Å²) in [7, 11) is 0. The van der Waals surface area contributed by atoms with Gasteiger partial charge >= 0.3 is 0 Å². The van der Waals surface area contributed by atoms with E-state index in [-0.39, 0.29) is 0 Å². The predicted molar refractivity (Wildman–Crippen MR) is 37.1 cm³/mol. The van der Waals surface area contributed by atoms with Crippen LogP contribution < -0.4 is 16.6 Å². The number of hydrogen-bond donors (Lipinski definition) is 2. The normalized spacial score (nSPS) is 9.80. The zero-order chi connectivity index (χ0) is 7.40. The molecular weight excluding hydrogens is 132 g/mol. The minimum Gasteiger partial charge on any atom is -0.337 e. The molecule has 1 rings (SSSR count). The Morgan fingerprint density at radius 1 is 1.70 bits per heavy atom. The minimum atomic E-state index is 0.497. The van der Waals surface area contributed by atoms with Gasteiger partial charge in [-0.3, -0.25) is 5.01 Å². The third-order valence-electron chi connectivity index (χ3n) is 1.08. The van der Waals surface area contributed by atoms with Crippen molar-refractivity contribution in [2.45, 2.75) is 0 Å². The molecule has 0 saturated heterocycles. The fourth-order valence-electron chi connectivity index (χ4n) is 0.607. The van der Waals surface area contributed by atoms with E-state index in [1.54, 1.807) is 6.07 Å². The largest absolute Gasteiger partial charge is 0.337 e. The number of nitrogens with zero attached hydrogens (tertiary/aromatic N) is 2. The van der Waals surface area contributed by atoms with E-state index in [1.807, 2.05) is 0 Å². The molecule has 0 spiro atoms. The van der Waals surface area contributed by atoms with Crippen LogP contribution in [0.1, 0.15) is 0 Å². The van der Waals surface area contributed by atoms with Crippen molar-refractivity contribution in [2.24, 2.45) is 11.6 Å². The average molecular weight is 142 g/mol. The molecule has 4 N–H and O–H groups in total. The maximum absolute atomic E-state index is 5.47. The third-order valence-corrected chi connectivity index (χ3v) is 1.08. The topological polar surface area (TPSA) is 81.3 Å². The third kappa shape index (κ3) is 1.46. The van der Waals surface area contributed by atoms with Crippen LogP contribution in [0.25, 0.3) is 0 Å². The number of hydrazine groups is 1. The summed E-state index contributed by atoms with van der Waals surface area (Å²) in [6.07, 6.45) is 1.53. The molecule has 1 heterocycles. The summed E-state index contributed by atoms with van der Waals surface area (Å²) in [5.74, 6) is 6.00. The predicted octanol–water partition coefficient (Wildman–Crippen LogP) is -0.687. The quantitative estimate of drug-likeness (QED) is 0.431. The Kier molecular flexibility index (Phi) is 2.24. The van der Waals surface area contributed by atoms with E-state index in [4.69, 9.17) is 16.1 Å². The van der Waals surface area contributed by atoms with Gasteiger partial charge in [-0.1, -0.05) is 5.16 Å². The second-order valence-corrected chi connectivity index (χ2v) is 1.83. The molecule has 0 atom stereocenters. The molecule has 0 radical (unpaired) electrons. The highest BCUT2D eigenvalue weighted by Gasteiger charge is 2.01. The van der Waals surface area contributed by atoms with Crippen molar-refractivity contribution in [2.75, 3.05) is 18.1 Å². The molecule has 5 heteroatoms. The number of aromatic nitrogens is 1. The van der Waals surface area contributed by atoms with E-state index >= 15 is 0 Å². The van der Waals surface area contributed by atoms with Crippen molar-refractivity contribution in [3.05, 3.63) is 12.3 Å². The van der Waals surface area contributed by atoms with Crippen LogP contribution in [0.3, 0.4) is 0 Å². The number of nitrogens with two attached hydrogens (primary N) is 2. The van der Waals surface area contributed by atoms with Crippen LogP contribution in [-0.2, 0) is 0 Å². The highest BCUT2D eigenvalue weighted by molar-refractivity contribution is 5.29. The lowest BCUT2D eigenvalue weighted by Crippen LogP contribution is -2.35. The lowest BCUT2D eigenvalue weighted by atomic mass is 10.5. The van der Waals surface area contributed by atoms with Crippen LogP contribution in [0.4, 0.5) is 5.88 Å². The molecule has 0 amide bonds. The van der Waals surface area contributed by atoms with E-state index in [2.05, 4.69) is 5.16 Å². The Labute approximate surface area is 58.5 Å². The summed E-state index contributed by atoms with van der Waals surface area (Å²) >= 11 is 0. The number of anilines is 1.